The summed E-state index contributed by atoms with van der Waals surface area (Å²) in [5.74, 6) is -2.36. The van der Waals surface area contributed by atoms with Crippen molar-refractivity contribution in [2.75, 3.05) is 26.2 Å². The van der Waals surface area contributed by atoms with Crippen LogP contribution in [0.5, 0.6) is 0 Å². The molecule has 0 aromatic carbocycles. The van der Waals surface area contributed by atoms with E-state index in [1.807, 2.05) is 27.7 Å². The highest BCUT2D eigenvalue weighted by Crippen LogP contribution is 2.88. The van der Waals surface area contributed by atoms with Crippen LogP contribution >= 0.6 is 0 Å². The van der Waals surface area contributed by atoms with Crippen molar-refractivity contribution in [1.82, 2.24) is 34.8 Å². The van der Waals surface area contributed by atoms with Crippen LogP contribution in [0, 0.1) is 33.5 Å². The molecule has 7 fully saturated rings. The van der Waals surface area contributed by atoms with Crippen molar-refractivity contribution in [3.63, 3.8) is 0 Å². The lowest BCUT2D eigenvalue weighted by Gasteiger charge is -2.40. The molecule has 7 atom stereocenters. The third-order valence-corrected chi connectivity index (χ3v) is 18.5. The van der Waals surface area contributed by atoms with Gasteiger partial charge in [0.1, 0.15) is 23.7 Å². The lowest BCUT2D eigenvalue weighted by atomic mass is 9.73. The van der Waals surface area contributed by atoms with Gasteiger partial charge in [0.2, 0.25) is 23.6 Å². The number of nitrogens with zero attached hydrogens (tertiary/aromatic N) is 3. The highest BCUT2D eigenvalue weighted by molar-refractivity contribution is 7.87. The van der Waals surface area contributed by atoms with Crippen molar-refractivity contribution in [1.29, 1.82) is 0 Å². The highest BCUT2D eigenvalue weighted by atomic mass is 32.2. The normalized spacial score (nSPS) is 32.6. The van der Waals surface area contributed by atoms with Gasteiger partial charge in [-0.2, -0.15) is 12.7 Å². The number of rotatable bonds is 13. The van der Waals surface area contributed by atoms with Gasteiger partial charge in [0.25, 0.3) is 5.91 Å². The Labute approximate surface area is 359 Å². The summed E-state index contributed by atoms with van der Waals surface area (Å²) in [7, 11) is -4.07. The van der Waals surface area contributed by atoms with E-state index in [1.54, 1.807) is 4.90 Å². The Hall–Kier alpha value is -2.78. The molecule has 0 aromatic heterocycles. The third kappa shape index (κ3) is 7.70. The maximum Gasteiger partial charge on any atom is 0.303 e. The molecule has 4 N–H and O–H groups in total. The zero-order chi connectivity index (χ0) is 43.6. The van der Waals surface area contributed by atoms with E-state index >= 15 is 4.79 Å². The average Bonchev–Trinajstić information content (AvgIpc) is 3.63. The third-order valence-electron chi connectivity index (χ3n) is 17.0. The van der Waals surface area contributed by atoms with Gasteiger partial charge in [-0.1, -0.05) is 80.1 Å². The summed E-state index contributed by atoms with van der Waals surface area (Å²) in [6.45, 7) is 18.2. The first kappa shape index (κ1) is 45.3. The summed E-state index contributed by atoms with van der Waals surface area (Å²) in [6, 6.07) is -2.85. The monoisotopic (exact) mass is 858 g/mol. The molecular formula is C45H75N7O7S. The number of nitrogens with one attached hydrogen (secondary N) is 4. The summed E-state index contributed by atoms with van der Waals surface area (Å²) >= 11 is 0. The topological polar surface area (TPSA) is 177 Å². The Morgan fingerprint density at radius 3 is 1.95 bits per heavy atom. The maximum atomic E-state index is 15.3. The summed E-state index contributed by atoms with van der Waals surface area (Å²) < 4.78 is 30.0. The molecule has 2 unspecified atom stereocenters. The Kier molecular flexibility index (Phi) is 12.4. The first-order chi connectivity index (χ1) is 28.2. The Morgan fingerprint density at radius 2 is 1.40 bits per heavy atom. The van der Waals surface area contributed by atoms with Gasteiger partial charge in [0, 0.05) is 31.1 Å². The number of fused-ring (bicyclic) bond motifs is 1. The van der Waals surface area contributed by atoms with Crippen molar-refractivity contribution < 1.29 is 32.4 Å². The quantitative estimate of drug-likeness (QED) is 0.211. The van der Waals surface area contributed by atoms with Gasteiger partial charge in [0.05, 0.1) is 6.04 Å². The van der Waals surface area contributed by atoms with E-state index in [0.717, 1.165) is 90.0 Å². The molecule has 3 saturated heterocycles. The fourth-order valence-electron chi connectivity index (χ4n) is 12.9. The van der Waals surface area contributed by atoms with E-state index in [-0.39, 0.29) is 57.9 Å². The van der Waals surface area contributed by atoms with Gasteiger partial charge in [-0.25, -0.2) is 4.72 Å². The lowest BCUT2D eigenvalue weighted by Crippen LogP contribution is -2.63. The van der Waals surface area contributed by atoms with Crippen LogP contribution in [-0.2, 0) is 34.2 Å². The zero-order valence-corrected chi connectivity index (χ0v) is 38.6. The van der Waals surface area contributed by atoms with Crippen LogP contribution in [0.1, 0.15) is 158 Å². The first-order valence-electron chi connectivity index (χ1n) is 23.5. The molecular weight excluding hydrogens is 783 g/mol. The SMILES string of the molecule is CC[C@@H]1C[C@]1(NC(=O)C1CC2(CN1C(=O)[C@@H](NC(=O)[C@@H](NC(=O)[C@@H]1CCCCN1C(C)C)C1CCCCC1)C(C)(C)C)C(C)(C)C21CCC1)C(=O)NS(=O)(=O)N1CCCC1. The number of amides is 5. The molecule has 5 amide bonds. The second-order valence-electron chi connectivity index (χ2n) is 21.7. The number of piperidine rings is 1. The highest BCUT2D eigenvalue weighted by Gasteiger charge is 2.85. The van der Waals surface area contributed by atoms with Crippen LogP contribution in [0.2, 0.25) is 0 Å². The molecule has 4 aliphatic carbocycles. The molecule has 7 aliphatic rings. The van der Waals surface area contributed by atoms with E-state index in [4.69, 9.17) is 0 Å². The summed E-state index contributed by atoms with van der Waals surface area (Å²) in [4.78, 5) is 76.8. The van der Waals surface area contributed by atoms with Crippen LogP contribution in [0.4, 0.5) is 0 Å². The number of likely N-dealkylation sites (tertiary alicyclic amines) is 2. The van der Waals surface area contributed by atoms with E-state index in [0.29, 0.717) is 38.9 Å². The molecule has 0 aromatic rings. The van der Waals surface area contributed by atoms with Gasteiger partial charge in [-0.3, -0.25) is 28.9 Å². The predicted molar refractivity (Wildman–Crippen MR) is 229 cm³/mol. The average molecular weight is 858 g/mol. The van der Waals surface area contributed by atoms with Crippen LogP contribution in [0.15, 0.2) is 0 Å². The number of carbonyl (C=O) groups excluding carboxylic acids is 5. The molecule has 4 saturated carbocycles. The second-order valence-corrected chi connectivity index (χ2v) is 23.3. The number of hydrogen-bond acceptors (Lipinski definition) is 8. The molecule has 2 spiro atoms. The molecule has 14 nitrogen and oxygen atoms in total. The fourth-order valence-corrected chi connectivity index (χ4v) is 14.2. The largest absolute Gasteiger partial charge is 0.343 e. The van der Waals surface area contributed by atoms with Crippen LogP contribution in [0.25, 0.3) is 0 Å². The minimum Gasteiger partial charge on any atom is -0.343 e. The maximum absolute atomic E-state index is 15.3. The van der Waals surface area contributed by atoms with Crippen molar-refractivity contribution in [3.8, 4) is 0 Å². The predicted octanol–water partition coefficient (Wildman–Crippen LogP) is 4.38. The van der Waals surface area contributed by atoms with Crippen molar-refractivity contribution >= 4 is 39.7 Å². The minimum atomic E-state index is -4.07. The van der Waals surface area contributed by atoms with Crippen LogP contribution in [0.3, 0.4) is 0 Å². The molecule has 60 heavy (non-hydrogen) atoms. The second kappa shape index (κ2) is 16.4. The van der Waals surface area contributed by atoms with Gasteiger partial charge >= 0.3 is 10.2 Å². The first-order valence-corrected chi connectivity index (χ1v) is 24.9. The molecule has 7 rings (SSSR count). The summed E-state index contributed by atoms with van der Waals surface area (Å²) in [5.41, 5.74) is -2.60. The molecule has 15 heteroatoms. The zero-order valence-electron chi connectivity index (χ0n) is 37.8. The van der Waals surface area contributed by atoms with Crippen molar-refractivity contribution in [2.45, 2.75) is 194 Å². The van der Waals surface area contributed by atoms with Gasteiger partial charge < -0.3 is 20.9 Å². The van der Waals surface area contributed by atoms with Crippen LogP contribution < -0.4 is 20.7 Å². The smallest absolute Gasteiger partial charge is 0.303 e. The molecule has 0 bridgehead atoms. The van der Waals surface area contributed by atoms with E-state index in [9.17, 15) is 27.6 Å². The molecule has 3 heterocycles. The van der Waals surface area contributed by atoms with Gasteiger partial charge in [-0.15, -0.1) is 0 Å². The number of hydrogen-bond donors (Lipinski definition) is 4. The van der Waals surface area contributed by atoms with Crippen molar-refractivity contribution in [2.24, 2.45) is 33.5 Å². The summed E-state index contributed by atoms with van der Waals surface area (Å²) in [6.07, 6.45) is 13.3. The number of carbonyl (C=O) groups is 5. The van der Waals surface area contributed by atoms with Gasteiger partial charge in [0.15, 0.2) is 0 Å². The molecule has 3 aliphatic heterocycles. The van der Waals surface area contributed by atoms with Crippen LogP contribution in [-0.4, -0.2) is 114 Å². The van der Waals surface area contributed by atoms with E-state index in [2.05, 4.69) is 53.3 Å². The fraction of sp³-hybridized carbons (Fsp3) is 0.889. The van der Waals surface area contributed by atoms with E-state index in [1.165, 1.54) is 4.31 Å². The van der Waals surface area contributed by atoms with E-state index < -0.39 is 51.1 Å². The summed E-state index contributed by atoms with van der Waals surface area (Å²) in [5, 5.41) is 9.43. The Morgan fingerprint density at radius 1 is 0.767 bits per heavy atom. The molecule has 0 radical (unpaired) electrons. The van der Waals surface area contributed by atoms with Crippen molar-refractivity contribution in [3.05, 3.63) is 0 Å². The Balaban J connectivity index is 1.15. The standard InChI is InChI=1S/C45H75N7O7S/c1-9-31-26-45(31,40(57)49-60(58,59)50-23-15-16-24-50)48-37(54)33-27-44(42(7,8)43(44)21-17-22-43)28-52(33)39(56)35(41(4,5)6)47-38(55)34(30-18-11-10-12-19-30)46-36(53)32-20-13-14-25-51(32)29(2)3/h29-35H,9-28H2,1-8H3,(H,46,53)(H,47,55)(H,48,54)(H,49,57)/t31-,32+,33?,34+,35-,44?,45-/m1/s1. The Bertz CT molecular complexity index is 1800. The lowest BCUT2D eigenvalue weighted by molar-refractivity contribution is -0.145. The molecule has 338 valence electrons. The van der Waals surface area contributed by atoms with Gasteiger partial charge in [-0.05, 0) is 113 Å². The minimum absolute atomic E-state index is 0.00219.